The summed E-state index contributed by atoms with van der Waals surface area (Å²) in [6.07, 6.45) is 1.05. The number of aryl methyl sites for hydroxylation is 1. The molecule has 0 radical (unpaired) electrons. The lowest BCUT2D eigenvalue weighted by molar-refractivity contribution is -0.117. The third-order valence-corrected chi connectivity index (χ3v) is 2.68. The van der Waals surface area contributed by atoms with E-state index in [0.29, 0.717) is 6.54 Å². The zero-order valence-corrected chi connectivity index (χ0v) is 11.5. The van der Waals surface area contributed by atoms with Crippen LogP contribution in [0.25, 0.3) is 0 Å². The van der Waals surface area contributed by atoms with E-state index in [0.717, 1.165) is 30.8 Å². The molecule has 0 unspecified atom stereocenters. The molecule has 18 heavy (non-hydrogen) atoms. The second kappa shape index (κ2) is 7.84. The number of hydrogen-bond donors (Lipinski definition) is 2. The maximum Gasteiger partial charge on any atom is 0.238 e. The Morgan fingerprint density at radius 2 is 2.17 bits per heavy atom. The van der Waals surface area contributed by atoms with Crippen molar-refractivity contribution in [3.8, 4) is 0 Å². The van der Waals surface area contributed by atoms with Gasteiger partial charge in [-0.25, -0.2) is 0 Å². The van der Waals surface area contributed by atoms with Gasteiger partial charge < -0.3 is 10.6 Å². The van der Waals surface area contributed by atoms with Crippen molar-refractivity contribution < 1.29 is 4.79 Å². The lowest BCUT2D eigenvalue weighted by Gasteiger charge is -2.16. The first-order valence-electron chi connectivity index (χ1n) is 6.31. The number of nitrogens with one attached hydrogen (secondary N) is 2. The maximum absolute atomic E-state index is 11.8. The van der Waals surface area contributed by atoms with E-state index >= 15 is 0 Å². The van der Waals surface area contributed by atoms with Crippen LogP contribution in [0.2, 0.25) is 0 Å². The average Bonchev–Trinajstić information content (AvgIpc) is 2.29. The number of benzene rings is 1. The molecule has 4 nitrogen and oxygen atoms in total. The monoisotopic (exact) mass is 249 g/mol. The molecule has 0 heterocycles. The van der Waals surface area contributed by atoms with Crippen LogP contribution < -0.4 is 10.6 Å². The van der Waals surface area contributed by atoms with E-state index in [1.54, 1.807) is 0 Å². The summed E-state index contributed by atoms with van der Waals surface area (Å²) >= 11 is 0. The molecule has 0 aliphatic heterocycles. The fourth-order valence-corrected chi connectivity index (χ4v) is 1.77. The van der Waals surface area contributed by atoms with E-state index in [1.165, 1.54) is 0 Å². The van der Waals surface area contributed by atoms with Crippen LogP contribution in [0, 0.1) is 6.92 Å². The van der Waals surface area contributed by atoms with Gasteiger partial charge in [0.2, 0.25) is 5.91 Å². The van der Waals surface area contributed by atoms with Crippen LogP contribution in [-0.2, 0) is 4.79 Å². The minimum absolute atomic E-state index is 0.0348. The van der Waals surface area contributed by atoms with Gasteiger partial charge in [-0.3, -0.25) is 9.69 Å². The highest BCUT2D eigenvalue weighted by Crippen LogP contribution is 2.09. The first-order chi connectivity index (χ1) is 8.61. The van der Waals surface area contributed by atoms with Crippen molar-refractivity contribution in [3.63, 3.8) is 0 Å². The first kappa shape index (κ1) is 14.7. The molecule has 0 spiro atoms. The third kappa shape index (κ3) is 5.80. The Balaban J connectivity index is 2.32. The summed E-state index contributed by atoms with van der Waals surface area (Å²) in [5, 5.41) is 6.00. The summed E-state index contributed by atoms with van der Waals surface area (Å²) in [4.78, 5) is 13.8. The Morgan fingerprint density at radius 3 is 2.83 bits per heavy atom. The van der Waals surface area contributed by atoms with Gasteiger partial charge in [0.1, 0.15) is 0 Å². The molecular weight excluding hydrogens is 226 g/mol. The van der Waals surface area contributed by atoms with E-state index in [2.05, 4.69) is 10.6 Å². The summed E-state index contributed by atoms with van der Waals surface area (Å²) in [6.45, 7) is 4.34. The largest absolute Gasteiger partial charge is 0.325 e. The van der Waals surface area contributed by atoms with E-state index in [4.69, 9.17) is 0 Å². The summed E-state index contributed by atoms with van der Waals surface area (Å²) in [5.74, 6) is 0.0348. The van der Waals surface area contributed by atoms with Crippen molar-refractivity contribution in [1.29, 1.82) is 0 Å². The fraction of sp³-hybridized carbons (Fsp3) is 0.500. The SMILES string of the molecule is CNCCCN(C)CC(=O)Nc1cccc(C)c1. The minimum atomic E-state index is 0.0348. The lowest BCUT2D eigenvalue weighted by atomic mass is 10.2. The predicted octanol–water partition coefficient (Wildman–Crippen LogP) is 1.47. The molecular formula is C14H23N3O. The van der Waals surface area contributed by atoms with Crippen molar-refractivity contribution in [2.45, 2.75) is 13.3 Å². The topological polar surface area (TPSA) is 44.4 Å². The third-order valence-electron chi connectivity index (χ3n) is 2.68. The highest BCUT2D eigenvalue weighted by atomic mass is 16.2. The molecule has 0 fully saturated rings. The number of nitrogens with zero attached hydrogens (tertiary/aromatic N) is 1. The van der Waals surface area contributed by atoms with Crippen LogP contribution in [0.1, 0.15) is 12.0 Å². The molecule has 4 heteroatoms. The van der Waals surface area contributed by atoms with E-state index in [9.17, 15) is 4.79 Å². The second-order valence-electron chi connectivity index (χ2n) is 4.61. The maximum atomic E-state index is 11.8. The van der Waals surface area contributed by atoms with Crippen LogP contribution in [0.4, 0.5) is 5.69 Å². The van der Waals surface area contributed by atoms with Crippen LogP contribution in [0.3, 0.4) is 0 Å². The molecule has 1 amide bonds. The Kier molecular flexibility index (Phi) is 6.39. The van der Waals surface area contributed by atoms with Gasteiger partial charge in [0.25, 0.3) is 0 Å². The number of likely N-dealkylation sites (N-methyl/N-ethyl adjacent to an activating group) is 1. The van der Waals surface area contributed by atoms with Gasteiger partial charge in [-0.05, 0) is 58.2 Å². The fourth-order valence-electron chi connectivity index (χ4n) is 1.77. The van der Waals surface area contributed by atoms with E-state index in [1.807, 2.05) is 50.2 Å². The van der Waals surface area contributed by atoms with Gasteiger partial charge in [-0.1, -0.05) is 12.1 Å². The molecule has 0 aliphatic carbocycles. The standard InChI is InChI=1S/C14H23N3O/c1-12-6-4-7-13(10-12)16-14(18)11-17(3)9-5-8-15-2/h4,6-7,10,15H,5,8-9,11H2,1-3H3,(H,16,18). The lowest BCUT2D eigenvalue weighted by Crippen LogP contribution is -2.31. The number of carbonyl (C=O) groups excluding carboxylic acids is 1. The van der Waals surface area contributed by atoms with Gasteiger partial charge >= 0.3 is 0 Å². The Morgan fingerprint density at radius 1 is 1.39 bits per heavy atom. The van der Waals surface area contributed by atoms with Gasteiger partial charge in [-0.15, -0.1) is 0 Å². The molecule has 0 aliphatic rings. The quantitative estimate of drug-likeness (QED) is 0.719. The van der Waals surface area contributed by atoms with E-state index < -0.39 is 0 Å². The molecule has 0 atom stereocenters. The Hall–Kier alpha value is -1.39. The summed E-state index contributed by atoms with van der Waals surface area (Å²) in [5.41, 5.74) is 2.01. The van der Waals surface area contributed by atoms with Crippen LogP contribution >= 0.6 is 0 Å². The van der Waals surface area contributed by atoms with Crippen molar-refractivity contribution in [2.75, 3.05) is 39.0 Å². The van der Waals surface area contributed by atoms with Crippen LogP contribution in [-0.4, -0.2) is 44.5 Å². The van der Waals surface area contributed by atoms with Gasteiger partial charge in [0.05, 0.1) is 6.54 Å². The molecule has 0 aromatic heterocycles. The molecule has 0 bridgehead atoms. The molecule has 0 saturated heterocycles. The van der Waals surface area contributed by atoms with Crippen molar-refractivity contribution in [1.82, 2.24) is 10.2 Å². The normalized spacial score (nSPS) is 10.7. The average molecular weight is 249 g/mol. The number of anilines is 1. The predicted molar refractivity (Wildman–Crippen MR) is 75.8 cm³/mol. The summed E-state index contributed by atoms with van der Waals surface area (Å²) in [7, 11) is 3.90. The zero-order chi connectivity index (χ0) is 13.4. The second-order valence-corrected chi connectivity index (χ2v) is 4.61. The minimum Gasteiger partial charge on any atom is -0.325 e. The molecule has 1 aromatic rings. The van der Waals surface area contributed by atoms with Crippen LogP contribution in [0.5, 0.6) is 0 Å². The van der Waals surface area contributed by atoms with Crippen molar-refractivity contribution >= 4 is 11.6 Å². The molecule has 100 valence electrons. The Labute approximate surface area is 109 Å². The highest BCUT2D eigenvalue weighted by molar-refractivity contribution is 5.92. The van der Waals surface area contributed by atoms with Crippen molar-refractivity contribution in [2.24, 2.45) is 0 Å². The number of hydrogen-bond acceptors (Lipinski definition) is 3. The summed E-state index contributed by atoms with van der Waals surface area (Å²) < 4.78 is 0. The molecule has 2 N–H and O–H groups in total. The van der Waals surface area contributed by atoms with Crippen molar-refractivity contribution in [3.05, 3.63) is 29.8 Å². The smallest absolute Gasteiger partial charge is 0.238 e. The van der Waals surface area contributed by atoms with Crippen LogP contribution in [0.15, 0.2) is 24.3 Å². The number of rotatable bonds is 7. The first-order valence-corrected chi connectivity index (χ1v) is 6.31. The van der Waals surface area contributed by atoms with E-state index in [-0.39, 0.29) is 5.91 Å². The van der Waals surface area contributed by atoms with Gasteiger partial charge in [0, 0.05) is 5.69 Å². The molecule has 1 rings (SSSR count). The van der Waals surface area contributed by atoms with Gasteiger partial charge in [-0.2, -0.15) is 0 Å². The zero-order valence-electron chi connectivity index (χ0n) is 11.5. The molecule has 1 aromatic carbocycles. The number of amides is 1. The summed E-state index contributed by atoms with van der Waals surface area (Å²) in [6, 6.07) is 7.84. The van der Waals surface area contributed by atoms with Gasteiger partial charge in [0.15, 0.2) is 0 Å². The molecule has 0 saturated carbocycles. The Bertz CT molecular complexity index is 379. The number of carbonyl (C=O) groups is 1. The highest BCUT2D eigenvalue weighted by Gasteiger charge is 2.06.